The second-order valence-electron chi connectivity index (χ2n) is 4.63. The van der Waals surface area contributed by atoms with Gasteiger partial charge in [0.25, 0.3) is 0 Å². The van der Waals surface area contributed by atoms with Crippen molar-refractivity contribution >= 4 is 17.6 Å². The lowest BCUT2D eigenvalue weighted by Gasteiger charge is -2.38. The van der Waals surface area contributed by atoms with Crippen LogP contribution in [0.5, 0.6) is 0 Å². The Hall–Kier alpha value is -0.740. The van der Waals surface area contributed by atoms with Gasteiger partial charge in [-0.3, -0.25) is 0 Å². The second kappa shape index (κ2) is 5.27. The lowest BCUT2D eigenvalue weighted by Crippen LogP contribution is -2.45. The Morgan fingerprint density at radius 3 is 3.00 bits per heavy atom. The van der Waals surface area contributed by atoms with Crippen LogP contribution < -0.4 is 4.90 Å². The van der Waals surface area contributed by atoms with Gasteiger partial charge in [-0.1, -0.05) is 6.92 Å². The average molecular weight is 252 g/mol. The number of pyridine rings is 1. The van der Waals surface area contributed by atoms with Crippen molar-refractivity contribution in [2.24, 2.45) is 0 Å². The highest BCUT2D eigenvalue weighted by Gasteiger charge is 2.26. The monoisotopic (exact) mass is 252 g/mol. The molecule has 3 nitrogen and oxygen atoms in total. The minimum atomic E-state index is -0.427. The van der Waals surface area contributed by atoms with E-state index < -0.39 is 6.10 Å². The molecule has 4 heteroatoms. The van der Waals surface area contributed by atoms with Gasteiger partial charge >= 0.3 is 0 Å². The number of thioether (sulfide) groups is 1. The predicted molar refractivity (Wildman–Crippen MR) is 73.6 cm³/mol. The van der Waals surface area contributed by atoms with Crippen molar-refractivity contribution in [3.05, 3.63) is 23.9 Å². The number of aliphatic hydroxyl groups is 1. The first-order valence-corrected chi connectivity index (χ1v) is 7.16. The summed E-state index contributed by atoms with van der Waals surface area (Å²) in [5.41, 5.74) is 0.938. The molecule has 2 unspecified atom stereocenters. The molecule has 0 amide bonds. The lowest BCUT2D eigenvalue weighted by atomic mass is 10.1. The van der Waals surface area contributed by atoms with Crippen molar-refractivity contribution < 1.29 is 5.11 Å². The summed E-state index contributed by atoms with van der Waals surface area (Å²) in [6, 6.07) is 4.37. The summed E-state index contributed by atoms with van der Waals surface area (Å²) in [5, 5.41) is 10.2. The number of aromatic nitrogens is 1. The quantitative estimate of drug-likeness (QED) is 0.877. The zero-order valence-corrected chi connectivity index (χ0v) is 11.4. The molecule has 0 spiro atoms. The molecular weight excluding hydrogens is 232 g/mol. The van der Waals surface area contributed by atoms with Gasteiger partial charge in [-0.2, -0.15) is 11.8 Å². The van der Waals surface area contributed by atoms with Gasteiger partial charge in [0.05, 0.1) is 6.10 Å². The van der Waals surface area contributed by atoms with E-state index >= 15 is 0 Å². The number of aliphatic hydroxyl groups excluding tert-OH is 1. The van der Waals surface area contributed by atoms with Crippen LogP contribution in [0.4, 0.5) is 5.82 Å². The third-order valence-corrected chi connectivity index (χ3v) is 4.77. The molecule has 1 aliphatic heterocycles. The predicted octanol–water partition coefficient (Wildman–Crippen LogP) is 2.47. The first kappa shape index (κ1) is 12.7. The van der Waals surface area contributed by atoms with Crippen LogP contribution in [-0.4, -0.2) is 33.7 Å². The molecule has 1 aromatic rings. The van der Waals surface area contributed by atoms with Crippen LogP contribution in [0.25, 0.3) is 0 Å². The minimum Gasteiger partial charge on any atom is -0.389 e. The van der Waals surface area contributed by atoms with Crippen molar-refractivity contribution in [2.75, 3.05) is 17.2 Å². The molecular formula is C13H20N2OS. The molecule has 1 fully saturated rings. The van der Waals surface area contributed by atoms with E-state index in [4.69, 9.17) is 0 Å². The summed E-state index contributed by atoms with van der Waals surface area (Å²) in [5.74, 6) is 2.13. The van der Waals surface area contributed by atoms with Gasteiger partial charge in [-0.15, -0.1) is 0 Å². The van der Waals surface area contributed by atoms with Crippen LogP contribution in [-0.2, 0) is 0 Å². The molecule has 1 N–H and O–H groups in total. The topological polar surface area (TPSA) is 36.4 Å². The molecule has 2 rings (SSSR count). The van der Waals surface area contributed by atoms with Crippen molar-refractivity contribution in [3.8, 4) is 0 Å². The Bertz CT molecular complexity index is 383. The summed E-state index contributed by atoms with van der Waals surface area (Å²) < 4.78 is 0. The Morgan fingerprint density at radius 1 is 1.53 bits per heavy atom. The van der Waals surface area contributed by atoms with Crippen LogP contribution >= 0.6 is 11.8 Å². The third-order valence-electron chi connectivity index (χ3n) is 3.43. The summed E-state index contributed by atoms with van der Waals surface area (Å²) >= 11 is 2.02. The molecule has 1 aliphatic rings. The van der Waals surface area contributed by atoms with Gasteiger partial charge < -0.3 is 10.0 Å². The van der Waals surface area contributed by atoms with Crippen molar-refractivity contribution in [1.29, 1.82) is 0 Å². The Labute approximate surface area is 107 Å². The summed E-state index contributed by atoms with van der Waals surface area (Å²) in [6.45, 7) is 7.33. The van der Waals surface area contributed by atoms with E-state index in [0.717, 1.165) is 23.7 Å². The van der Waals surface area contributed by atoms with E-state index in [2.05, 4.69) is 23.7 Å². The fourth-order valence-corrected chi connectivity index (χ4v) is 3.21. The maximum absolute atomic E-state index is 9.61. The highest BCUT2D eigenvalue weighted by atomic mass is 32.2. The first-order chi connectivity index (χ1) is 8.09. The maximum Gasteiger partial charge on any atom is 0.129 e. The van der Waals surface area contributed by atoms with Gasteiger partial charge in [0.15, 0.2) is 0 Å². The van der Waals surface area contributed by atoms with Crippen molar-refractivity contribution in [3.63, 3.8) is 0 Å². The highest BCUT2D eigenvalue weighted by molar-refractivity contribution is 8.00. The molecule has 94 valence electrons. The van der Waals surface area contributed by atoms with Crippen LogP contribution in [0, 0.1) is 0 Å². The average Bonchev–Trinajstić information content (AvgIpc) is 2.33. The van der Waals surface area contributed by atoms with E-state index in [0.29, 0.717) is 11.3 Å². The van der Waals surface area contributed by atoms with Crippen LogP contribution in [0.1, 0.15) is 32.4 Å². The fraction of sp³-hybridized carbons (Fsp3) is 0.615. The molecule has 0 saturated carbocycles. The van der Waals surface area contributed by atoms with Gasteiger partial charge in [0, 0.05) is 29.8 Å². The van der Waals surface area contributed by atoms with Gasteiger partial charge in [0.1, 0.15) is 5.82 Å². The van der Waals surface area contributed by atoms with E-state index in [-0.39, 0.29) is 0 Å². The molecule has 3 atom stereocenters. The number of rotatable bonds is 2. The Balaban J connectivity index is 2.23. The molecule has 1 saturated heterocycles. The van der Waals surface area contributed by atoms with Crippen molar-refractivity contribution in [2.45, 2.75) is 38.2 Å². The highest BCUT2D eigenvalue weighted by Crippen LogP contribution is 2.28. The maximum atomic E-state index is 9.61. The molecule has 17 heavy (non-hydrogen) atoms. The van der Waals surface area contributed by atoms with Crippen LogP contribution in [0.2, 0.25) is 0 Å². The normalized spacial score (nSPS) is 26.9. The van der Waals surface area contributed by atoms with E-state index in [1.165, 1.54) is 0 Å². The minimum absolute atomic E-state index is 0.427. The smallest absolute Gasteiger partial charge is 0.129 e. The largest absolute Gasteiger partial charge is 0.389 e. The summed E-state index contributed by atoms with van der Waals surface area (Å²) in [4.78, 5) is 6.78. The molecule has 1 aromatic heterocycles. The van der Waals surface area contributed by atoms with Gasteiger partial charge in [-0.25, -0.2) is 4.98 Å². The second-order valence-corrected chi connectivity index (χ2v) is 6.12. The van der Waals surface area contributed by atoms with E-state index in [9.17, 15) is 5.11 Å². The summed E-state index contributed by atoms with van der Waals surface area (Å²) in [7, 11) is 0. The van der Waals surface area contributed by atoms with Crippen LogP contribution in [0.3, 0.4) is 0 Å². The van der Waals surface area contributed by atoms with Crippen LogP contribution in [0.15, 0.2) is 18.3 Å². The zero-order valence-electron chi connectivity index (χ0n) is 10.6. The standard InChI is InChI=1S/C13H20N2OS/c1-9-11(3)17-7-6-15(9)13-8-12(10(2)16)4-5-14-13/h4-5,8-11,16H,6-7H2,1-3H3/t9?,10-,11?/m0/s1. The van der Waals surface area contributed by atoms with Gasteiger partial charge in [-0.05, 0) is 31.5 Å². The van der Waals surface area contributed by atoms with Crippen molar-refractivity contribution in [1.82, 2.24) is 4.98 Å². The zero-order chi connectivity index (χ0) is 12.4. The Morgan fingerprint density at radius 2 is 2.29 bits per heavy atom. The molecule has 0 aliphatic carbocycles. The lowest BCUT2D eigenvalue weighted by molar-refractivity contribution is 0.199. The first-order valence-electron chi connectivity index (χ1n) is 6.12. The molecule has 0 aromatic carbocycles. The summed E-state index contributed by atoms with van der Waals surface area (Å²) in [6.07, 6.45) is 1.36. The molecule has 0 radical (unpaired) electrons. The SMILES string of the molecule is CC1SCCN(c2cc([C@H](C)O)ccn2)C1C. The number of hydrogen-bond acceptors (Lipinski definition) is 4. The fourth-order valence-electron chi connectivity index (χ4n) is 2.11. The molecule has 0 bridgehead atoms. The third kappa shape index (κ3) is 2.75. The number of anilines is 1. The Kier molecular flexibility index (Phi) is 3.94. The van der Waals surface area contributed by atoms with E-state index in [1.807, 2.05) is 23.9 Å². The van der Waals surface area contributed by atoms with Gasteiger partial charge in [0.2, 0.25) is 0 Å². The number of hydrogen-bond donors (Lipinski definition) is 1. The molecule has 2 heterocycles. The number of nitrogens with zero attached hydrogens (tertiary/aromatic N) is 2. The van der Waals surface area contributed by atoms with E-state index in [1.54, 1.807) is 13.1 Å².